The van der Waals surface area contributed by atoms with Gasteiger partial charge >= 0.3 is 6.61 Å². The third-order valence-corrected chi connectivity index (χ3v) is 3.01. The van der Waals surface area contributed by atoms with Crippen LogP contribution in [0.1, 0.15) is 16.7 Å². The maximum atomic E-state index is 12.0. The van der Waals surface area contributed by atoms with Gasteiger partial charge in [0.2, 0.25) is 0 Å². The van der Waals surface area contributed by atoms with Gasteiger partial charge in [0.25, 0.3) is 0 Å². The summed E-state index contributed by atoms with van der Waals surface area (Å²) >= 11 is 0. The van der Waals surface area contributed by atoms with Gasteiger partial charge in [-0.15, -0.1) is 0 Å². The smallest absolute Gasteiger partial charge is 0.387 e. The predicted molar refractivity (Wildman–Crippen MR) is 76.3 cm³/mol. The Balaban J connectivity index is 1.96. The number of alkyl halides is 2. The number of anilines is 1. The molecular formula is C16H17F2NO. The fourth-order valence-electron chi connectivity index (χ4n) is 2.00. The Morgan fingerprint density at radius 3 is 2.35 bits per heavy atom. The summed E-state index contributed by atoms with van der Waals surface area (Å²) < 4.78 is 28.4. The molecule has 1 N–H and O–H groups in total. The average molecular weight is 277 g/mol. The molecule has 0 saturated heterocycles. The summed E-state index contributed by atoms with van der Waals surface area (Å²) in [5, 5.41) is 3.33. The zero-order valence-electron chi connectivity index (χ0n) is 11.5. The number of halogens is 2. The van der Waals surface area contributed by atoms with E-state index in [1.165, 1.54) is 11.1 Å². The summed E-state index contributed by atoms with van der Waals surface area (Å²) in [6.07, 6.45) is 0. The Labute approximate surface area is 117 Å². The van der Waals surface area contributed by atoms with Crippen LogP contribution in [0.3, 0.4) is 0 Å². The highest BCUT2D eigenvalue weighted by Crippen LogP contribution is 2.19. The molecule has 0 spiro atoms. The van der Waals surface area contributed by atoms with Crippen LogP contribution in [0.2, 0.25) is 0 Å². The van der Waals surface area contributed by atoms with Gasteiger partial charge in [-0.3, -0.25) is 0 Å². The summed E-state index contributed by atoms with van der Waals surface area (Å²) in [5.41, 5.74) is 4.49. The van der Waals surface area contributed by atoms with Crippen LogP contribution >= 0.6 is 0 Å². The SMILES string of the molecule is Cc1ccc(NCc2ccc(OC(F)F)cc2)c(C)c1. The van der Waals surface area contributed by atoms with Gasteiger partial charge in [0, 0.05) is 12.2 Å². The van der Waals surface area contributed by atoms with E-state index in [2.05, 4.69) is 36.0 Å². The molecular weight excluding hydrogens is 260 g/mol. The number of aryl methyl sites for hydroxylation is 2. The molecule has 4 heteroatoms. The minimum atomic E-state index is -2.78. The van der Waals surface area contributed by atoms with E-state index >= 15 is 0 Å². The standard InChI is InChI=1S/C16H17F2NO/c1-11-3-8-15(12(2)9-11)19-10-13-4-6-14(7-5-13)20-16(17)18/h3-9,16,19H,10H2,1-2H3. The summed E-state index contributed by atoms with van der Waals surface area (Å²) in [6, 6.07) is 12.8. The zero-order valence-corrected chi connectivity index (χ0v) is 11.5. The quantitative estimate of drug-likeness (QED) is 0.867. The van der Waals surface area contributed by atoms with Crippen LogP contribution in [0, 0.1) is 13.8 Å². The van der Waals surface area contributed by atoms with E-state index in [0.717, 1.165) is 11.3 Å². The molecule has 0 atom stereocenters. The largest absolute Gasteiger partial charge is 0.435 e. The van der Waals surface area contributed by atoms with E-state index in [1.54, 1.807) is 24.3 Å². The van der Waals surface area contributed by atoms with Crippen molar-refractivity contribution >= 4 is 5.69 Å². The van der Waals surface area contributed by atoms with Crippen LogP contribution < -0.4 is 10.1 Å². The topological polar surface area (TPSA) is 21.3 Å². The van der Waals surface area contributed by atoms with Crippen LogP contribution in [0.5, 0.6) is 5.75 Å². The lowest BCUT2D eigenvalue weighted by molar-refractivity contribution is -0.0498. The minimum absolute atomic E-state index is 0.176. The first-order valence-corrected chi connectivity index (χ1v) is 6.39. The van der Waals surface area contributed by atoms with Gasteiger partial charge in [0.15, 0.2) is 0 Å². The summed E-state index contributed by atoms with van der Waals surface area (Å²) in [6.45, 7) is 1.96. The van der Waals surface area contributed by atoms with Crippen molar-refractivity contribution in [3.8, 4) is 5.75 Å². The van der Waals surface area contributed by atoms with Gasteiger partial charge in [0.1, 0.15) is 5.75 Å². The van der Waals surface area contributed by atoms with E-state index in [-0.39, 0.29) is 5.75 Å². The van der Waals surface area contributed by atoms with Crippen LogP contribution in [-0.2, 0) is 6.54 Å². The van der Waals surface area contributed by atoms with Crippen LogP contribution in [0.4, 0.5) is 14.5 Å². The maximum Gasteiger partial charge on any atom is 0.387 e. The highest BCUT2D eigenvalue weighted by Gasteiger charge is 2.04. The number of benzene rings is 2. The molecule has 0 radical (unpaired) electrons. The molecule has 0 amide bonds. The monoisotopic (exact) mass is 277 g/mol. The van der Waals surface area contributed by atoms with Gasteiger partial charge in [0.05, 0.1) is 0 Å². The second kappa shape index (κ2) is 6.37. The van der Waals surface area contributed by atoms with Gasteiger partial charge in [-0.2, -0.15) is 8.78 Å². The van der Waals surface area contributed by atoms with E-state index in [0.29, 0.717) is 6.54 Å². The first kappa shape index (κ1) is 14.3. The highest BCUT2D eigenvalue weighted by atomic mass is 19.3. The van der Waals surface area contributed by atoms with Crippen molar-refractivity contribution in [2.45, 2.75) is 27.0 Å². The maximum absolute atomic E-state index is 12.0. The minimum Gasteiger partial charge on any atom is -0.435 e. The van der Waals surface area contributed by atoms with Crippen LogP contribution in [0.15, 0.2) is 42.5 Å². The fraction of sp³-hybridized carbons (Fsp3) is 0.250. The zero-order chi connectivity index (χ0) is 14.5. The number of hydrogen-bond acceptors (Lipinski definition) is 2. The van der Waals surface area contributed by atoms with E-state index < -0.39 is 6.61 Å². The van der Waals surface area contributed by atoms with Crippen LogP contribution in [-0.4, -0.2) is 6.61 Å². The Bertz CT molecular complexity index is 567. The second-order valence-corrected chi connectivity index (χ2v) is 4.69. The van der Waals surface area contributed by atoms with E-state index in [1.807, 2.05) is 6.07 Å². The molecule has 0 aliphatic rings. The number of hydrogen-bond donors (Lipinski definition) is 1. The lowest BCUT2D eigenvalue weighted by Crippen LogP contribution is -2.03. The van der Waals surface area contributed by atoms with Crippen molar-refractivity contribution in [2.75, 3.05) is 5.32 Å². The van der Waals surface area contributed by atoms with Crippen LogP contribution in [0.25, 0.3) is 0 Å². The number of ether oxygens (including phenoxy) is 1. The molecule has 20 heavy (non-hydrogen) atoms. The lowest BCUT2D eigenvalue weighted by atomic mass is 10.1. The first-order chi connectivity index (χ1) is 9.54. The Morgan fingerprint density at radius 1 is 1.05 bits per heavy atom. The predicted octanol–water partition coefficient (Wildman–Crippen LogP) is 4.52. The van der Waals surface area contributed by atoms with E-state index in [9.17, 15) is 8.78 Å². The molecule has 0 heterocycles. The highest BCUT2D eigenvalue weighted by molar-refractivity contribution is 5.52. The molecule has 2 nitrogen and oxygen atoms in total. The lowest BCUT2D eigenvalue weighted by Gasteiger charge is -2.11. The summed E-state index contributed by atoms with van der Waals surface area (Å²) in [7, 11) is 0. The average Bonchev–Trinajstić information content (AvgIpc) is 2.39. The number of nitrogens with one attached hydrogen (secondary N) is 1. The molecule has 0 bridgehead atoms. The van der Waals surface area contributed by atoms with Crippen molar-refractivity contribution in [2.24, 2.45) is 0 Å². The summed E-state index contributed by atoms with van der Waals surface area (Å²) in [5.74, 6) is 0.176. The molecule has 0 aromatic heterocycles. The molecule has 0 saturated carbocycles. The number of rotatable bonds is 5. The second-order valence-electron chi connectivity index (χ2n) is 4.69. The first-order valence-electron chi connectivity index (χ1n) is 6.39. The Morgan fingerprint density at radius 2 is 1.75 bits per heavy atom. The van der Waals surface area contributed by atoms with E-state index in [4.69, 9.17) is 0 Å². The fourth-order valence-corrected chi connectivity index (χ4v) is 2.00. The van der Waals surface area contributed by atoms with Crippen molar-refractivity contribution in [1.82, 2.24) is 0 Å². The Kier molecular flexibility index (Phi) is 4.56. The molecule has 0 aliphatic heterocycles. The van der Waals surface area contributed by atoms with Gasteiger partial charge in [-0.1, -0.05) is 29.8 Å². The Hall–Kier alpha value is -2.10. The normalized spacial score (nSPS) is 10.7. The van der Waals surface area contributed by atoms with Crippen molar-refractivity contribution < 1.29 is 13.5 Å². The van der Waals surface area contributed by atoms with Crippen molar-refractivity contribution in [1.29, 1.82) is 0 Å². The van der Waals surface area contributed by atoms with Crippen molar-refractivity contribution in [3.63, 3.8) is 0 Å². The van der Waals surface area contributed by atoms with Gasteiger partial charge in [-0.05, 0) is 43.2 Å². The van der Waals surface area contributed by atoms with Gasteiger partial charge < -0.3 is 10.1 Å². The molecule has 0 unspecified atom stereocenters. The summed E-state index contributed by atoms with van der Waals surface area (Å²) in [4.78, 5) is 0. The molecule has 2 rings (SSSR count). The molecule has 2 aromatic rings. The molecule has 0 fully saturated rings. The molecule has 106 valence electrons. The third kappa shape index (κ3) is 3.95. The molecule has 2 aromatic carbocycles. The van der Waals surface area contributed by atoms with Gasteiger partial charge in [-0.25, -0.2) is 0 Å². The molecule has 0 aliphatic carbocycles. The third-order valence-electron chi connectivity index (χ3n) is 3.01. The van der Waals surface area contributed by atoms with Crippen molar-refractivity contribution in [3.05, 3.63) is 59.2 Å².